The number of hydrogen-bond acceptors (Lipinski definition) is 3. The molecule has 0 amide bonds. The summed E-state index contributed by atoms with van der Waals surface area (Å²) in [6, 6.07) is 17.2. The molecule has 0 spiro atoms. The van der Waals surface area contributed by atoms with Crippen molar-refractivity contribution < 1.29 is 9.53 Å². The Hall–Kier alpha value is -2.42. The highest BCUT2D eigenvalue weighted by Gasteiger charge is 2.20. The summed E-state index contributed by atoms with van der Waals surface area (Å²) in [5.41, 5.74) is 1.67. The van der Waals surface area contributed by atoms with E-state index in [0.29, 0.717) is 17.9 Å². The van der Waals surface area contributed by atoms with Crippen LogP contribution in [0.15, 0.2) is 59.6 Å². The first-order chi connectivity index (χ1) is 10.8. The fraction of sp³-hybridized carbons (Fsp3) is 0.263. The van der Waals surface area contributed by atoms with Crippen molar-refractivity contribution >= 4 is 12.0 Å². The quantitative estimate of drug-likeness (QED) is 0.571. The van der Waals surface area contributed by atoms with Crippen molar-refractivity contribution in [2.45, 2.75) is 13.3 Å². The number of carbonyl (C=O) groups is 1. The number of Topliss-reactive ketones (excluding diaryl/α,β-unsaturated/α-hetero) is 1. The molecule has 114 valence electrons. The zero-order valence-electron chi connectivity index (χ0n) is 13.0. The molecule has 22 heavy (non-hydrogen) atoms. The summed E-state index contributed by atoms with van der Waals surface area (Å²) in [7, 11) is 1.58. The number of methoxy groups -OCH3 is 1. The van der Waals surface area contributed by atoms with Gasteiger partial charge in [0.15, 0.2) is 5.78 Å². The summed E-state index contributed by atoms with van der Waals surface area (Å²) in [5, 5.41) is 0. The van der Waals surface area contributed by atoms with Gasteiger partial charge in [0.1, 0.15) is 5.75 Å². The molecule has 0 aliphatic heterocycles. The van der Waals surface area contributed by atoms with Crippen LogP contribution in [0.5, 0.6) is 5.75 Å². The van der Waals surface area contributed by atoms with Crippen LogP contribution < -0.4 is 4.74 Å². The minimum Gasteiger partial charge on any atom is -0.496 e. The van der Waals surface area contributed by atoms with E-state index >= 15 is 0 Å². The maximum absolute atomic E-state index is 12.6. The number of para-hydroxylation sites is 1. The van der Waals surface area contributed by atoms with Gasteiger partial charge in [-0.05, 0) is 24.1 Å². The molecule has 1 atom stereocenters. The Kier molecular flexibility index (Phi) is 5.90. The first-order valence-corrected chi connectivity index (χ1v) is 7.48. The fourth-order valence-electron chi connectivity index (χ4n) is 2.29. The molecule has 0 aliphatic rings. The minimum atomic E-state index is -0.128. The number of ether oxygens (including phenoxy) is 1. The minimum absolute atomic E-state index is 0.0881. The Morgan fingerprint density at radius 3 is 2.50 bits per heavy atom. The molecule has 2 aromatic rings. The second kappa shape index (κ2) is 8.13. The van der Waals surface area contributed by atoms with Crippen LogP contribution >= 0.6 is 0 Å². The van der Waals surface area contributed by atoms with E-state index in [0.717, 1.165) is 12.0 Å². The maximum Gasteiger partial charge on any atom is 0.171 e. The average Bonchev–Trinajstić information content (AvgIpc) is 2.59. The molecule has 0 heterocycles. The standard InChI is InChI=1S/C19H21NO2/c1-3-16(14-20-13-15-9-5-4-6-10-15)19(21)17-11-7-8-12-18(17)22-2/h4-13,16H,3,14H2,1-2H3/b20-13+. The van der Waals surface area contributed by atoms with Gasteiger partial charge < -0.3 is 4.74 Å². The number of hydrogen-bond donors (Lipinski definition) is 0. The van der Waals surface area contributed by atoms with Gasteiger partial charge in [-0.3, -0.25) is 9.79 Å². The van der Waals surface area contributed by atoms with Crippen LogP contribution in [0, 0.1) is 5.92 Å². The van der Waals surface area contributed by atoms with Crippen LogP contribution in [0.4, 0.5) is 0 Å². The number of benzene rings is 2. The second-order valence-corrected chi connectivity index (χ2v) is 5.07. The smallest absolute Gasteiger partial charge is 0.171 e. The lowest BCUT2D eigenvalue weighted by Crippen LogP contribution is -2.18. The Labute approximate surface area is 131 Å². The molecule has 0 bridgehead atoms. The Morgan fingerprint density at radius 2 is 1.82 bits per heavy atom. The molecule has 0 radical (unpaired) electrons. The molecule has 0 aliphatic carbocycles. The number of carbonyl (C=O) groups excluding carboxylic acids is 1. The van der Waals surface area contributed by atoms with Crippen LogP contribution in [0.2, 0.25) is 0 Å². The molecule has 0 aromatic heterocycles. The van der Waals surface area contributed by atoms with Gasteiger partial charge in [-0.1, -0.05) is 49.4 Å². The predicted octanol–water partition coefficient (Wildman–Crippen LogP) is 4.02. The van der Waals surface area contributed by atoms with E-state index in [4.69, 9.17) is 4.74 Å². The zero-order valence-corrected chi connectivity index (χ0v) is 13.0. The van der Waals surface area contributed by atoms with Crippen molar-refractivity contribution in [1.29, 1.82) is 0 Å². The average molecular weight is 295 g/mol. The zero-order chi connectivity index (χ0) is 15.8. The van der Waals surface area contributed by atoms with Gasteiger partial charge in [0.2, 0.25) is 0 Å². The van der Waals surface area contributed by atoms with E-state index in [2.05, 4.69) is 4.99 Å². The summed E-state index contributed by atoms with van der Waals surface area (Å²) in [5.74, 6) is 0.583. The van der Waals surface area contributed by atoms with E-state index in [1.807, 2.05) is 67.7 Å². The molecule has 0 saturated carbocycles. The Balaban J connectivity index is 2.08. The van der Waals surface area contributed by atoms with Gasteiger partial charge in [-0.15, -0.1) is 0 Å². The van der Waals surface area contributed by atoms with E-state index in [1.54, 1.807) is 7.11 Å². The summed E-state index contributed by atoms with van der Waals surface area (Å²) >= 11 is 0. The van der Waals surface area contributed by atoms with Gasteiger partial charge in [0.25, 0.3) is 0 Å². The van der Waals surface area contributed by atoms with Crippen molar-refractivity contribution in [1.82, 2.24) is 0 Å². The lowest BCUT2D eigenvalue weighted by Gasteiger charge is -2.13. The van der Waals surface area contributed by atoms with Crippen LogP contribution in [0.25, 0.3) is 0 Å². The molecule has 0 saturated heterocycles. The lowest BCUT2D eigenvalue weighted by molar-refractivity contribution is 0.0918. The SMILES string of the molecule is CCC(C/N=C/c1ccccc1)C(=O)c1ccccc1OC. The van der Waals surface area contributed by atoms with Gasteiger partial charge in [-0.2, -0.15) is 0 Å². The van der Waals surface area contributed by atoms with E-state index in [-0.39, 0.29) is 11.7 Å². The van der Waals surface area contributed by atoms with E-state index in [9.17, 15) is 4.79 Å². The molecular weight excluding hydrogens is 274 g/mol. The van der Waals surface area contributed by atoms with Gasteiger partial charge in [0, 0.05) is 18.7 Å². The third kappa shape index (κ3) is 4.04. The third-order valence-corrected chi connectivity index (χ3v) is 3.60. The van der Waals surface area contributed by atoms with Crippen molar-refractivity contribution in [3.63, 3.8) is 0 Å². The summed E-state index contributed by atoms with van der Waals surface area (Å²) in [6.45, 7) is 2.50. The molecule has 3 nitrogen and oxygen atoms in total. The van der Waals surface area contributed by atoms with Crippen LogP contribution in [0.3, 0.4) is 0 Å². The summed E-state index contributed by atoms with van der Waals surface area (Å²) in [4.78, 5) is 17.1. The monoisotopic (exact) mass is 295 g/mol. The summed E-state index contributed by atoms with van der Waals surface area (Å²) in [6.07, 6.45) is 2.57. The van der Waals surface area contributed by atoms with Crippen molar-refractivity contribution in [2.75, 3.05) is 13.7 Å². The Bertz CT molecular complexity index is 635. The molecule has 0 fully saturated rings. The number of rotatable bonds is 7. The van der Waals surface area contributed by atoms with E-state index in [1.165, 1.54) is 0 Å². The molecule has 1 unspecified atom stereocenters. The van der Waals surface area contributed by atoms with E-state index < -0.39 is 0 Å². The first kappa shape index (κ1) is 16.0. The number of aliphatic imine (C=N–C) groups is 1. The topological polar surface area (TPSA) is 38.7 Å². The molecule has 0 N–H and O–H groups in total. The maximum atomic E-state index is 12.6. The highest BCUT2D eigenvalue weighted by atomic mass is 16.5. The van der Waals surface area contributed by atoms with Crippen LogP contribution in [-0.4, -0.2) is 25.7 Å². The molecule has 2 rings (SSSR count). The number of ketones is 1. The first-order valence-electron chi connectivity index (χ1n) is 7.48. The van der Waals surface area contributed by atoms with Crippen molar-refractivity contribution in [2.24, 2.45) is 10.9 Å². The van der Waals surface area contributed by atoms with Gasteiger partial charge in [0.05, 0.1) is 12.7 Å². The Morgan fingerprint density at radius 1 is 1.14 bits per heavy atom. The highest BCUT2D eigenvalue weighted by Crippen LogP contribution is 2.22. The van der Waals surface area contributed by atoms with Gasteiger partial charge >= 0.3 is 0 Å². The van der Waals surface area contributed by atoms with Gasteiger partial charge in [-0.25, -0.2) is 0 Å². The van der Waals surface area contributed by atoms with Crippen LogP contribution in [0.1, 0.15) is 29.3 Å². The second-order valence-electron chi connectivity index (χ2n) is 5.07. The summed E-state index contributed by atoms with van der Waals surface area (Å²) < 4.78 is 5.28. The van der Waals surface area contributed by atoms with Crippen molar-refractivity contribution in [3.05, 3.63) is 65.7 Å². The number of nitrogens with zero attached hydrogens (tertiary/aromatic N) is 1. The van der Waals surface area contributed by atoms with Crippen molar-refractivity contribution in [3.8, 4) is 5.75 Å². The molecule has 3 heteroatoms. The largest absolute Gasteiger partial charge is 0.496 e. The molecular formula is C19H21NO2. The molecule has 2 aromatic carbocycles. The third-order valence-electron chi connectivity index (χ3n) is 3.60. The lowest BCUT2D eigenvalue weighted by atomic mass is 9.94. The normalized spacial score (nSPS) is 12.3. The highest BCUT2D eigenvalue weighted by molar-refractivity contribution is 6.00. The predicted molar refractivity (Wildman–Crippen MR) is 90.0 cm³/mol. The van der Waals surface area contributed by atoms with Crippen LogP contribution in [-0.2, 0) is 0 Å². The fourth-order valence-corrected chi connectivity index (χ4v) is 2.29.